The lowest BCUT2D eigenvalue weighted by Gasteiger charge is -2.27. The molecule has 0 aliphatic heterocycles. The van der Waals surface area contributed by atoms with Gasteiger partial charge in [0.25, 0.3) is 5.56 Å². The van der Waals surface area contributed by atoms with E-state index in [0.717, 1.165) is 0 Å². The third-order valence-corrected chi connectivity index (χ3v) is 3.67. The first-order valence-corrected chi connectivity index (χ1v) is 6.01. The van der Waals surface area contributed by atoms with E-state index in [9.17, 15) is 9.59 Å². The molecule has 0 saturated carbocycles. The van der Waals surface area contributed by atoms with Crippen LogP contribution in [-0.4, -0.2) is 9.55 Å². The minimum atomic E-state index is -0.443. The van der Waals surface area contributed by atoms with Gasteiger partial charge in [0.15, 0.2) is 0 Å². The number of aromatic nitrogens is 2. The van der Waals surface area contributed by atoms with Crippen LogP contribution < -0.4 is 11.2 Å². The van der Waals surface area contributed by atoms with Crippen molar-refractivity contribution < 1.29 is 0 Å². The Kier molecular flexibility index (Phi) is 3.87. The van der Waals surface area contributed by atoms with Crippen LogP contribution in [-0.2, 0) is 6.54 Å². The highest BCUT2D eigenvalue weighted by Gasteiger charge is 2.22. The van der Waals surface area contributed by atoms with Gasteiger partial charge in [-0.25, -0.2) is 4.79 Å². The minimum absolute atomic E-state index is 0.0411. The lowest BCUT2D eigenvalue weighted by atomic mass is 9.82. The monoisotopic (exact) mass is 258 g/mol. The van der Waals surface area contributed by atoms with Gasteiger partial charge in [-0.3, -0.25) is 14.3 Å². The van der Waals surface area contributed by atoms with Crippen LogP contribution in [0.2, 0.25) is 5.15 Å². The molecule has 1 aromatic heterocycles. The minimum Gasteiger partial charge on any atom is -0.297 e. The molecule has 17 heavy (non-hydrogen) atoms. The van der Waals surface area contributed by atoms with E-state index >= 15 is 0 Å². The van der Waals surface area contributed by atoms with Gasteiger partial charge in [-0.1, -0.05) is 39.3 Å². The molecule has 0 aliphatic rings. The summed E-state index contributed by atoms with van der Waals surface area (Å²) in [5.74, 6) is 0.210. The Labute approximate surface area is 106 Å². The number of halogens is 1. The Bertz CT molecular complexity index is 523. The maximum Gasteiger partial charge on any atom is 0.329 e. The zero-order valence-corrected chi connectivity index (χ0v) is 11.7. The van der Waals surface area contributed by atoms with E-state index in [-0.39, 0.29) is 22.0 Å². The Morgan fingerprint density at radius 1 is 1.35 bits per heavy atom. The summed E-state index contributed by atoms with van der Waals surface area (Å²) in [6, 6.07) is 0. The molecule has 0 aromatic carbocycles. The molecule has 1 unspecified atom stereocenters. The van der Waals surface area contributed by atoms with E-state index in [1.165, 1.54) is 4.57 Å². The van der Waals surface area contributed by atoms with E-state index in [4.69, 9.17) is 11.6 Å². The molecule has 0 bridgehead atoms. The molecule has 0 aliphatic carbocycles. The molecular formula is C12H19ClN2O2. The molecule has 0 amide bonds. The molecule has 0 radical (unpaired) electrons. The predicted octanol–water partition coefficient (Wildman–Crippen LogP) is 2.18. The third kappa shape index (κ3) is 3.00. The first-order valence-electron chi connectivity index (χ1n) is 5.63. The summed E-state index contributed by atoms with van der Waals surface area (Å²) in [7, 11) is 0. The van der Waals surface area contributed by atoms with Gasteiger partial charge >= 0.3 is 5.69 Å². The molecule has 96 valence electrons. The molecule has 5 heteroatoms. The Hall–Kier alpha value is -1.03. The maximum absolute atomic E-state index is 11.9. The number of H-pyrrole nitrogens is 1. The van der Waals surface area contributed by atoms with Crippen molar-refractivity contribution in [1.82, 2.24) is 9.55 Å². The van der Waals surface area contributed by atoms with Crippen molar-refractivity contribution >= 4 is 11.6 Å². The second kappa shape index (κ2) is 4.69. The van der Waals surface area contributed by atoms with Gasteiger partial charge in [-0.2, -0.15) is 0 Å². The first-order chi connectivity index (χ1) is 7.64. The van der Waals surface area contributed by atoms with Gasteiger partial charge in [0.2, 0.25) is 0 Å². The maximum atomic E-state index is 11.9. The van der Waals surface area contributed by atoms with Crippen LogP contribution in [0.1, 0.15) is 33.3 Å². The molecule has 1 rings (SSSR count). The van der Waals surface area contributed by atoms with Crippen molar-refractivity contribution in [1.29, 1.82) is 0 Å². The number of nitrogens with zero attached hydrogens (tertiary/aromatic N) is 1. The van der Waals surface area contributed by atoms with E-state index < -0.39 is 5.69 Å². The molecule has 1 atom stereocenters. The van der Waals surface area contributed by atoms with Crippen molar-refractivity contribution in [3.63, 3.8) is 0 Å². The predicted molar refractivity (Wildman–Crippen MR) is 69.7 cm³/mol. The molecule has 0 fully saturated rings. The van der Waals surface area contributed by atoms with Gasteiger partial charge in [0, 0.05) is 12.1 Å². The number of aromatic amines is 1. The fourth-order valence-electron chi connectivity index (χ4n) is 1.36. The quantitative estimate of drug-likeness (QED) is 0.827. The molecule has 4 nitrogen and oxygen atoms in total. The van der Waals surface area contributed by atoms with Gasteiger partial charge < -0.3 is 0 Å². The fourth-order valence-corrected chi connectivity index (χ4v) is 1.52. The van der Waals surface area contributed by atoms with Crippen LogP contribution >= 0.6 is 11.6 Å². The summed E-state index contributed by atoms with van der Waals surface area (Å²) in [5.41, 5.74) is -0.330. The highest BCUT2D eigenvalue weighted by Crippen LogP contribution is 2.25. The van der Waals surface area contributed by atoms with Crippen LogP contribution in [0.3, 0.4) is 0 Å². The molecule has 1 N–H and O–H groups in total. The lowest BCUT2D eigenvalue weighted by Crippen LogP contribution is -2.40. The fraction of sp³-hybridized carbons (Fsp3) is 0.667. The highest BCUT2D eigenvalue weighted by molar-refractivity contribution is 6.30. The summed E-state index contributed by atoms with van der Waals surface area (Å²) >= 11 is 5.75. The average molecular weight is 259 g/mol. The topological polar surface area (TPSA) is 54.9 Å². The third-order valence-electron chi connectivity index (χ3n) is 3.29. The average Bonchev–Trinajstić information content (AvgIpc) is 2.19. The number of hydrogen-bond donors (Lipinski definition) is 1. The standard InChI is InChI=1S/C12H19ClN2O2/c1-7(12(3,4)5)6-15-10(16)8(2)9(13)14-11(15)17/h7H,6H2,1-5H3,(H,14,17). The molecule has 0 saturated heterocycles. The number of rotatable bonds is 2. The second-order valence-electron chi connectivity index (χ2n) is 5.55. The summed E-state index contributed by atoms with van der Waals surface area (Å²) < 4.78 is 1.22. The largest absolute Gasteiger partial charge is 0.329 e. The zero-order valence-electron chi connectivity index (χ0n) is 10.9. The Balaban J connectivity index is 3.22. The van der Waals surface area contributed by atoms with E-state index in [1.807, 2.05) is 6.92 Å². The zero-order chi connectivity index (χ0) is 13.4. The van der Waals surface area contributed by atoms with Crippen LogP contribution in [0, 0.1) is 18.3 Å². The molecule has 0 spiro atoms. The van der Waals surface area contributed by atoms with Crippen LogP contribution in [0.25, 0.3) is 0 Å². The first kappa shape index (κ1) is 14.0. The van der Waals surface area contributed by atoms with Crippen LogP contribution in [0.4, 0.5) is 0 Å². The van der Waals surface area contributed by atoms with Crippen molar-refractivity contribution in [3.05, 3.63) is 31.6 Å². The van der Waals surface area contributed by atoms with Gasteiger partial charge in [-0.15, -0.1) is 0 Å². The van der Waals surface area contributed by atoms with Gasteiger partial charge in [-0.05, 0) is 18.3 Å². The van der Waals surface area contributed by atoms with Crippen molar-refractivity contribution in [2.75, 3.05) is 0 Å². The Morgan fingerprint density at radius 3 is 2.35 bits per heavy atom. The van der Waals surface area contributed by atoms with Crippen molar-refractivity contribution in [2.24, 2.45) is 11.3 Å². The summed E-state index contributed by atoms with van der Waals surface area (Å²) in [5, 5.41) is 0.125. The molecular weight excluding hydrogens is 240 g/mol. The summed E-state index contributed by atoms with van der Waals surface area (Å²) in [4.78, 5) is 26.1. The highest BCUT2D eigenvalue weighted by atomic mass is 35.5. The SMILES string of the molecule is Cc1c(Cl)[nH]c(=O)n(CC(C)C(C)(C)C)c1=O. The number of nitrogens with one attached hydrogen (secondary N) is 1. The smallest absolute Gasteiger partial charge is 0.297 e. The lowest BCUT2D eigenvalue weighted by molar-refractivity contribution is 0.228. The second-order valence-corrected chi connectivity index (χ2v) is 5.93. The summed E-state index contributed by atoms with van der Waals surface area (Å²) in [6.07, 6.45) is 0. The molecule has 1 aromatic rings. The van der Waals surface area contributed by atoms with Crippen molar-refractivity contribution in [3.8, 4) is 0 Å². The number of hydrogen-bond acceptors (Lipinski definition) is 2. The van der Waals surface area contributed by atoms with E-state index in [2.05, 4.69) is 25.8 Å². The molecule has 1 heterocycles. The summed E-state index contributed by atoms with van der Waals surface area (Å²) in [6.45, 7) is 10.3. The van der Waals surface area contributed by atoms with Crippen molar-refractivity contribution in [2.45, 2.75) is 41.2 Å². The normalized spacial score (nSPS) is 13.8. The van der Waals surface area contributed by atoms with Gasteiger partial charge in [0.1, 0.15) is 5.15 Å². The van der Waals surface area contributed by atoms with E-state index in [1.54, 1.807) is 6.92 Å². The van der Waals surface area contributed by atoms with E-state index in [0.29, 0.717) is 12.1 Å². The van der Waals surface area contributed by atoms with Crippen LogP contribution in [0.5, 0.6) is 0 Å². The van der Waals surface area contributed by atoms with Gasteiger partial charge in [0.05, 0.1) is 0 Å². The Morgan fingerprint density at radius 2 is 1.88 bits per heavy atom. The van der Waals surface area contributed by atoms with Crippen LogP contribution in [0.15, 0.2) is 9.59 Å².